The van der Waals surface area contributed by atoms with Crippen molar-refractivity contribution >= 4 is 34.2 Å². The topological polar surface area (TPSA) is 78.5 Å². The maximum absolute atomic E-state index is 13.6. The first-order valence-electron chi connectivity index (χ1n) is 13.5. The maximum atomic E-state index is 13.6. The first-order valence-corrected chi connectivity index (χ1v) is 13.5. The fourth-order valence-electron chi connectivity index (χ4n) is 4.97. The van der Waals surface area contributed by atoms with Crippen LogP contribution in [0.25, 0.3) is 10.8 Å². The van der Waals surface area contributed by atoms with E-state index in [0.29, 0.717) is 30.6 Å². The van der Waals surface area contributed by atoms with Crippen LogP contribution in [0.2, 0.25) is 0 Å². The first kappa shape index (κ1) is 27.4. The molecule has 1 atom stereocenters. The smallest absolute Gasteiger partial charge is 0.261 e. The number of hydrogen-bond acceptors (Lipinski definition) is 4. The van der Waals surface area contributed by atoms with Crippen LogP contribution < -0.4 is 10.6 Å². The minimum Gasteiger partial charge on any atom is -0.382 e. The molecule has 0 aromatic heterocycles. The van der Waals surface area contributed by atoms with Gasteiger partial charge in [0.1, 0.15) is 0 Å². The van der Waals surface area contributed by atoms with Crippen molar-refractivity contribution in [3.63, 3.8) is 0 Å². The van der Waals surface area contributed by atoms with Crippen molar-refractivity contribution in [2.24, 2.45) is 0 Å². The minimum absolute atomic E-state index is 0.114. The predicted octanol–water partition coefficient (Wildman–Crippen LogP) is 6.24. The minimum atomic E-state index is -0.219. The number of rotatable bonds is 15. The molecule has 1 aliphatic heterocycles. The number of aryl methyl sites for hydroxylation is 1. The van der Waals surface area contributed by atoms with Gasteiger partial charge in [0.05, 0.1) is 5.56 Å². The van der Waals surface area contributed by atoms with Gasteiger partial charge in [0.15, 0.2) is 0 Å². The summed E-state index contributed by atoms with van der Waals surface area (Å²) in [7, 11) is 0. The van der Waals surface area contributed by atoms with Crippen LogP contribution in [0, 0.1) is 0 Å². The molecule has 2 aromatic rings. The number of benzene rings is 2. The lowest BCUT2D eigenvalue weighted by Gasteiger charge is -2.29. The molecule has 0 saturated carbocycles. The van der Waals surface area contributed by atoms with Gasteiger partial charge < -0.3 is 10.6 Å². The van der Waals surface area contributed by atoms with Crippen molar-refractivity contribution in [3.8, 4) is 0 Å². The van der Waals surface area contributed by atoms with Crippen LogP contribution in [0.1, 0.15) is 98.4 Å². The van der Waals surface area contributed by atoms with E-state index in [-0.39, 0.29) is 23.8 Å². The summed E-state index contributed by atoms with van der Waals surface area (Å²) in [6, 6.07) is 7.56. The van der Waals surface area contributed by atoms with Crippen molar-refractivity contribution in [2.75, 3.05) is 18.4 Å². The third-order valence-electron chi connectivity index (χ3n) is 6.97. The van der Waals surface area contributed by atoms with Gasteiger partial charge in [-0.3, -0.25) is 19.3 Å². The lowest BCUT2D eigenvalue weighted by atomic mass is 9.88. The molecule has 0 bridgehead atoms. The van der Waals surface area contributed by atoms with E-state index in [1.807, 2.05) is 38.1 Å². The summed E-state index contributed by atoms with van der Waals surface area (Å²) in [4.78, 5) is 40.1. The van der Waals surface area contributed by atoms with Crippen LogP contribution >= 0.6 is 0 Å². The van der Waals surface area contributed by atoms with Gasteiger partial charge in [0.2, 0.25) is 5.91 Å². The van der Waals surface area contributed by atoms with Gasteiger partial charge in [-0.15, -0.1) is 0 Å². The molecule has 3 rings (SSSR count). The predicted molar refractivity (Wildman–Crippen MR) is 148 cm³/mol. The van der Waals surface area contributed by atoms with Gasteiger partial charge in [0, 0.05) is 41.2 Å². The normalized spacial score (nSPS) is 13.7. The fourth-order valence-corrected chi connectivity index (χ4v) is 4.97. The molecule has 3 amide bonds. The summed E-state index contributed by atoms with van der Waals surface area (Å²) >= 11 is 0. The number of nitrogens with one attached hydrogen (secondary N) is 2. The second-order valence-electron chi connectivity index (χ2n) is 9.77. The van der Waals surface area contributed by atoms with E-state index < -0.39 is 0 Å². The number of nitrogens with zero attached hydrogens (tertiary/aromatic N) is 1. The monoisotopic (exact) mass is 491 g/mol. The molecule has 1 unspecified atom stereocenters. The zero-order valence-corrected chi connectivity index (χ0v) is 22.1. The van der Waals surface area contributed by atoms with E-state index in [2.05, 4.69) is 24.1 Å². The zero-order chi connectivity index (χ0) is 26.1. The van der Waals surface area contributed by atoms with Crippen LogP contribution in [0.4, 0.5) is 5.69 Å². The lowest BCUT2D eigenvalue weighted by Crippen LogP contribution is -2.41. The van der Waals surface area contributed by atoms with Gasteiger partial charge in [-0.2, -0.15) is 0 Å². The van der Waals surface area contributed by atoms with Crippen molar-refractivity contribution in [1.82, 2.24) is 10.2 Å². The largest absolute Gasteiger partial charge is 0.382 e. The van der Waals surface area contributed by atoms with Crippen LogP contribution in [0.3, 0.4) is 0 Å². The van der Waals surface area contributed by atoms with E-state index in [0.717, 1.165) is 41.3 Å². The van der Waals surface area contributed by atoms with E-state index >= 15 is 0 Å². The Hall–Kier alpha value is -3.15. The van der Waals surface area contributed by atoms with E-state index in [1.165, 1.54) is 43.1 Å². The number of anilines is 1. The van der Waals surface area contributed by atoms with Crippen molar-refractivity contribution < 1.29 is 14.4 Å². The second kappa shape index (κ2) is 13.2. The summed E-state index contributed by atoms with van der Waals surface area (Å²) in [6.07, 6.45) is 11.3. The van der Waals surface area contributed by atoms with Crippen LogP contribution in [0.5, 0.6) is 0 Å². The van der Waals surface area contributed by atoms with Gasteiger partial charge >= 0.3 is 0 Å². The molecule has 1 heterocycles. The summed E-state index contributed by atoms with van der Waals surface area (Å²) in [5.41, 5.74) is 3.04. The molecule has 0 spiro atoms. The molecule has 1 aliphatic rings. The van der Waals surface area contributed by atoms with Crippen molar-refractivity contribution in [3.05, 3.63) is 53.6 Å². The van der Waals surface area contributed by atoms with E-state index in [1.54, 1.807) is 0 Å². The lowest BCUT2D eigenvalue weighted by molar-refractivity contribution is -0.116. The Balaban J connectivity index is 1.78. The maximum Gasteiger partial charge on any atom is 0.261 e. The summed E-state index contributed by atoms with van der Waals surface area (Å²) < 4.78 is 0. The molecular weight excluding hydrogens is 450 g/mol. The molecule has 0 saturated heterocycles. The number of carbonyl (C=O) groups excluding carboxylic acids is 3. The van der Waals surface area contributed by atoms with Gasteiger partial charge in [0.25, 0.3) is 11.8 Å². The Bertz CT molecular complexity index is 1110. The molecule has 6 nitrogen and oxygen atoms in total. The Morgan fingerprint density at radius 2 is 1.72 bits per heavy atom. The molecule has 0 radical (unpaired) electrons. The number of carbonyl (C=O) groups is 3. The molecule has 6 heteroatoms. The molecule has 2 aromatic carbocycles. The molecule has 194 valence electrons. The Kier molecular flexibility index (Phi) is 10.1. The zero-order valence-electron chi connectivity index (χ0n) is 22.1. The highest BCUT2D eigenvalue weighted by molar-refractivity contribution is 6.27. The Labute approximate surface area is 215 Å². The Morgan fingerprint density at radius 3 is 2.39 bits per heavy atom. The van der Waals surface area contributed by atoms with Crippen molar-refractivity contribution in [1.29, 1.82) is 0 Å². The number of unbranched alkanes of at least 4 members (excludes halogenated alkanes) is 7. The van der Waals surface area contributed by atoms with Crippen molar-refractivity contribution in [2.45, 2.75) is 84.6 Å². The first-order chi connectivity index (χ1) is 17.4. The number of amides is 3. The standard InChI is InChI=1S/C30H41N3O3/c1-5-8-9-10-11-12-13-14-18-33-29(35)24-17-15-16-23-25(31-20-21(4)32-26(34)7-3)19-22(6-2)27(28(23)24)30(33)36/h7,15-17,19,21,31H,3,5-6,8-14,18,20H2,1-2,4H3,(H,32,34). The van der Waals surface area contributed by atoms with Crippen LogP contribution in [-0.4, -0.2) is 41.8 Å². The highest BCUT2D eigenvalue weighted by atomic mass is 16.2. The fraction of sp³-hybridized carbons (Fsp3) is 0.500. The number of hydrogen-bond donors (Lipinski definition) is 2. The molecule has 0 aliphatic carbocycles. The van der Waals surface area contributed by atoms with Gasteiger partial charge in [-0.05, 0) is 43.5 Å². The highest BCUT2D eigenvalue weighted by Crippen LogP contribution is 2.37. The highest BCUT2D eigenvalue weighted by Gasteiger charge is 2.34. The molecule has 2 N–H and O–H groups in total. The van der Waals surface area contributed by atoms with Gasteiger partial charge in [-0.25, -0.2) is 0 Å². The second-order valence-corrected chi connectivity index (χ2v) is 9.77. The average molecular weight is 492 g/mol. The third kappa shape index (κ3) is 6.34. The average Bonchev–Trinajstić information content (AvgIpc) is 2.88. The molecular formula is C30H41N3O3. The van der Waals surface area contributed by atoms with Crippen LogP contribution in [0.15, 0.2) is 36.9 Å². The summed E-state index contributed by atoms with van der Waals surface area (Å²) in [5, 5.41) is 7.86. The van der Waals surface area contributed by atoms with E-state index in [4.69, 9.17) is 0 Å². The quantitative estimate of drug-likeness (QED) is 0.176. The molecule has 0 fully saturated rings. The van der Waals surface area contributed by atoms with Gasteiger partial charge in [-0.1, -0.05) is 77.5 Å². The number of imide groups is 1. The van der Waals surface area contributed by atoms with E-state index in [9.17, 15) is 14.4 Å². The Morgan fingerprint density at radius 1 is 1.03 bits per heavy atom. The van der Waals surface area contributed by atoms with Crippen LogP contribution in [-0.2, 0) is 11.2 Å². The summed E-state index contributed by atoms with van der Waals surface area (Å²) in [5.74, 6) is -0.600. The summed E-state index contributed by atoms with van der Waals surface area (Å²) in [6.45, 7) is 10.6. The molecule has 36 heavy (non-hydrogen) atoms. The third-order valence-corrected chi connectivity index (χ3v) is 6.97. The SMILES string of the molecule is C=CC(=O)NC(C)CNc1cc(CC)c2c3c(cccc13)C(=O)N(CCCCCCCCCC)C2=O.